The molecule has 1 N–H and O–H groups in total. The first-order chi connectivity index (χ1) is 13.7. The average molecular weight is 406 g/mol. The van der Waals surface area contributed by atoms with Crippen LogP contribution in [-0.2, 0) is 16.0 Å². The van der Waals surface area contributed by atoms with Gasteiger partial charge in [0.1, 0.15) is 10.7 Å². The SMILES string of the molecule is COCCCNC(=O)c1csc(CN(CCCOC)C(=O)c2ccccc2)n1. The maximum absolute atomic E-state index is 12.9. The van der Waals surface area contributed by atoms with E-state index in [1.165, 1.54) is 11.3 Å². The Labute approximate surface area is 169 Å². The highest BCUT2D eigenvalue weighted by Crippen LogP contribution is 2.15. The van der Waals surface area contributed by atoms with Gasteiger partial charge in [-0.05, 0) is 25.0 Å². The van der Waals surface area contributed by atoms with Gasteiger partial charge in [-0.15, -0.1) is 11.3 Å². The minimum absolute atomic E-state index is 0.0579. The topological polar surface area (TPSA) is 80.8 Å². The summed E-state index contributed by atoms with van der Waals surface area (Å²) in [6, 6.07) is 9.16. The molecule has 7 nitrogen and oxygen atoms in total. The standard InChI is InChI=1S/C20H27N3O4S/c1-26-12-6-10-21-19(24)17-15-28-18(22-17)14-23(11-7-13-27-2)20(25)16-8-4-3-5-9-16/h3-5,8-9,15H,6-7,10-14H2,1-2H3,(H,21,24). The van der Waals surface area contributed by atoms with Gasteiger partial charge in [-0.1, -0.05) is 18.2 Å². The second kappa shape index (κ2) is 12.2. The third kappa shape index (κ3) is 7.03. The van der Waals surface area contributed by atoms with Gasteiger partial charge in [0.2, 0.25) is 0 Å². The van der Waals surface area contributed by atoms with Crippen molar-refractivity contribution >= 4 is 23.2 Å². The van der Waals surface area contributed by atoms with Crippen LogP contribution in [0.3, 0.4) is 0 Å². The number of methoxy groups -OCH3 is 2. The van der Waals surface area contributed by atoms with Crippen LogP contribution in [0.4, 0.5) is 0 Å². The second-order valence-electron chi connectivity index (χ2n) is 6.17. The number of nitrogens with zero attached hydrogens (tertiary/aromatic N) is 2. The summed E-state index contributed by atoms with van der Waals surface area (Å²) in [5, 5.41) is 5.27. The smallest absolute Gasteiger partial charge is 0.270 e. The van der Waals surface area contributed by atoms with Gasteiger partial charge in [-0.2, -0.15) is 0 Å². The number of aromatic nitrogens is 1. The lowest BCUT2D eigenvalue weighted by Crippen LogP contribution is -2.32. The molecule has 0 aliphatic heterocycles. The van der Waals surface area contributed by atoms with Crippen LogP contribution < -0.4 is 5.32 Å². The van der Waals surface area contributed by atoms with Crippen LogP contribution >= 0.6 is 11.3 Å². The highest BCUT2D eigenvalue weighted by molar-refractivity contribution is 7.09. The average Bonchev–Trinajstić information content (AvgIpc) is 3.19. The summed E-state index contributed by atoms with van der Waals surface area (Å²) in [5.74, 6) is -0.267. The third-order valence-corrected chi connectivity index (χ3v) is 4.84. The molecule has 0 atom stereocenters. The Morgan fingerprint density at radius 3 is 2.54 bits per heavy atom. The molecule has 2 amide bonds. The van der Waals surface area contributed by atoms with Crippen molar-refractivity contribution in [1.29, 1.82) is 0 Å². The van der Waals surface area contributed by atoms with Crippen LogP contribution in [-0.4, -0.2) is 62.2 Å². The van der Waals surface area contributed by atoms with Crippen molar-refractivity contribution in [2.24, 2.45) is 0 Å². The van der Waals surface area contributed by atoms with Crippen LogP contribution in [0.15, 0.2) is 35.7 Å². The number of nitrogens with one attached hydrogen (secondary N) is 1. The molecule has 0 spiro atoms. The number of ether oxygens (including phenoxy) is 2. The predicted molar refractivity (Wildman–Crippen MR) is 109 cm³/mol. The van der Waals surface area contributed by atoms with E-state index in [4.69, 9.17) is 9.47 Å². The molecule has 0 aliphatic rings. The molecule has 152 valence electrons. The predicted octanol–water partition coefficient (Wildman–Crippen LogP) is 2.59. The number of hydrogen-bond donors (Lipinski definition) is 1. The molecule has 0 bridgehead atoms. The quantitative estimate of drug-likeness (QED) is 0.549. The molecule has 28 heavy (non-hydrogen) atoms. The zero-order chi connectivity index (χ0) is 20.2. The van der Waals surface area contributed by atoms with Crippen molar-refractivity contribution in [2.45, 2.75) is 19.4 Å². The summed E-state index contributed by atoms with van der Waals surface area (Å²) in [7, 11) is 3.27. The van der Waals surface area contributed by atoms with E-state index in [0.717, 1.165) is 17.8 Å². The first kappa shape index (κ1) is 22.0. The first-order valence-electron chi connectivity index (χ1n) is 9.20. The van der Waals surface area contributed by atoms with E-state index in [9.17, 15) is 9.59 Å². The largest absolute Gasteiger partial charge is 0.385 e. The van der Waals surface area contributed by atoms with Crippen LogP contribution in [0.2, 0.25) is 0 Å². The maximum atomic E-state index is 12.9. The Bertz CT molecular complexity index is 736. The molecule has 0 saturated heterocycles. The van der Waals surface area contributed by atoms with Gasteiger partial charge in [0, 0.05) is 51.5 Å². The molecule has 2 aromatic rings. The van der Waals surface area contributed by atoms with E-state index < -0.39 is 0 Å². The fraction of sp³-hybridized carbons (Fsp3) is 0.450. The van der Waals surface area contributed by atoms with E-state index >= 15 is 0 Å². The lowest BCUT2D eigenvalue weighted by atomic mass is 10.2. The monoisotopic (exact) mass is 405 g/mol. The summed E-state index contributed by atoms with van der Waals surface area (Å²) < 4.78 is 10.1. The number of hydrogen-bond acceptors (Lipinski definition) is 6. The van der Waals surface area contributed by atoms with Crippen molar-refractivity contribution in [1.82, 2.24) is 15.2 Å². The van der Waals surface area contributed by atoms with Gasteiger partial charge in [0.15, 0.2) is 0 Å². The normalized spacial score (nSPS) is 10.6. The Kier molecular flexibility index (Phi) is 9.61. The molecule has 0 saturated carbocycles. The molecule has 0 radical (unpaired) electrons. The summed E-state index contributed by atoms with van der Waals surface area (Å²) >= 11 is 1.38. The van der Waals surface area contributed by atoms with E-state index in [1.807, 2.05) is 18.2 Å². The highest BCUT2D eigenvalue weighted by atomic mass is 32.1. The van der Waals surface area contributed by atoms with Gasteiger partial charge in [-0.25, -0.2) is 4.98 Å². The molecule has 8 heteroatoms. The van der Waals surface area contributed by atoms with E-state index in [1.54, 1.807) is 36.6 Å². The summed E-state index contributed by atoms with van der Waals surface area (Å²) in [6.07, 6.45) is 1.48. The maximum Gasteiger partial charge on any atom is 0.270 e. The number of rotatable bonds is 12. The van der Waals surface area contributed by atoms with Gasteiger partial charge in [0.05, 0.1) is 6.54 Å². The van der Waals surface area contributed by atoms with Crippen molar-refractivity contribution in [2.75, 3.05) is 40.5 Å². The fourth-order valence-electron chi connectivity index (χ4n) is 2.58. The molecule has 0 aliphatic carbocycles. The summed E-state index contributed by atoms with van der Waals surface area (Å²) in [4.78, 5) is 31.2. The Morgan fingerprint density at radius 1 is 1.11 bits per heavy atom. The van der Waals surface area contributed by atoms with Crippen LogP contribution in [0.25, 0.3) is 0 Å². The van der Waals surface area contributed by atoms with Gasteiger partial charge >= 0.3 is 0 Å². The highest BCUT2D eigenvalue weighted by Gasteiger charge is 2.18. The fourth-order valence-corrected chi connectivity index (χ4v) is 3.36. The Balaban J connectivity index is 2.00. The van der Waals surface area contributed by atoms with Crippen LogP contribution in [0.1, 0.15) is 38.7 Å². The number of carbonyl (C=O) groups is 2. The Hall–Kier alpha value is -2.29. The van der Waals surface area contributed by atoms with Gasteiger partial charge in [0.25, 0.3) is 11.8 Å². The number of benzene rings is 1. The first-order valence-corrected chi connectivity index (χ1v) is 10.1. The molecule has 0 fully saturated rings. The summed E-state index contributed by atoms with van der Waals surface area (Å²) in [5.41, 5.74) is 1.01. The molecule has 2 rings (SSSR count). The molecular weight excluding hydrogens is 378 g/mol. The minimum Gasteiger partial charge on any atom is -0.385 e. The molecule has 0 unspecified atom stereocenters. The van der Waals surface area contributed by atoms with Crippen molar-refractivity contribution in [3.8, 4) is 0 Å². The van der Waals surface area contributed by atoms with Crippen molar-refractivity contribution in [3.05, 3.63) is 52.0 Å². The lowest BCUT2D eigenvalue weighted by molar-refractivity contribution is 0.0723. The van der Waals surface area contributed by atoms with Crippen LogP contribution in [0.5, 0.6) is 0 Å². The van der Waals surface area contributed by atoms with Gasteiger partial charge in [-0.3, -0.25) is 9.59 Å². The molecule has 1 heterocycles. The zero-order valence-corrected chi connectivity index (χ0v) is 17.2. The van der Waals surface area contributed by atoms with Crippen molar-refractivity contribution < 1.29 is 19.1 Å². The minimum atomic E-state index is -0.209. The van der Waals surface area contributed by atoms with Crippen molar-refractivity contribution in [3.63, 3.8) is 0 Å². The Morgan fingerprint density at radius 2 is 1.82 bits per heavy atom. The number of thiazole rings is 1. The number of carbonyl (C=O) groups excluding carboxylic acids is 2. The van der Waals surface area contributed by atoms with E-state index in [2.05, 4.69) is 10.3 Å². The molecule has 1 aromatic heterocycles. The van der Waals surface area contributed by atoms with Gasteiger partial charge < -0.3 is 19.7 Å². The number of amides is 2. The molecule has 1 aromatic carbocycles. The van der Waals surface area contributed by atoms with Crippen LogP contribution in [0, 0.1) is 0 Å². The zero-order valence-electron chi connectivity index (χ0n) is 16.3. The molecular formula is C20H27N3O4S. The summed E-state index contributed by atoms with van der Waals surface area (Å²) in [6.45, 7) is 2.63. The lowest BCUT2D eigenvalue weighted by Gasteiger charge is -2.21. The third-order valence-electron chi connectivity index (χ3n) is 4.01. The van der Waals surface area contributed by atoms with E-state index in [0.29, 0.717) is 44.1 Å². The van der Waals surface area contributed by atoms with E-state index in [-0.39, 0.29) is 11.8 Å². The second-order valence-corrected chi connectivity index (χ2v) is 7.11.